The Balaban J connectivity index is 0.000000218. The van der Waals surface area contributed by atoms with Crippen molar-refractivity contribution in [3.63, 3.8) is 0 Å². The van der Waals surface area contributed by atoms with E-state index in [1.54, 1.807) is 19.9 Å². The fourth-order valence-electron chi connectivity index (χ4n) is 6.44. The highest BCUT2D eigenvalue weighted by Crippen LogP contribution is 2.40. The average molecular weight is 852 g/mol. The first-order valence-electron chi connectivity index (χ1n) is 18.1. The number of likely N-dealkylation sites (tertiary alicyclic amines) is 1. The molecule has 2 aromatic carbocycles. The molecule has 4 heterocycles. The maximum absolute atomic E-state index is 15.4. The number of halogens is 4. The molecule has 6 rings (SSSR count). The zero-order valence-electron chi connectivity index (χ0n) is 32.2. The normalized spacial score (nSPS) is 17.3. The monoisotopic (exact) mass is 851 g/mol. The minimum atomic E-state index is -4.39. The molecule has 314 valence electrons. The Labute approximate surface area is 334 Å². The molecule has 2 aliphatic rings. The highest BCUT2D eigenvalue weighted by Gasteiger charge is 2.49. The van der Waals surface area contributed by atoms with E-state index in [1.807, 2.05) is 0 Å². The maximum atomic E-state index is 15.4. The number of nitrogens with zero attached hydrogens (tertiary/aromatic N) is 5. The first-order valence-corrected chi connectivity index (χ1v) is 21.1. The van der Waals surface area contributed by atoms with Gasteiger partial charge in [-0.05, 0) is 115 Å². The van der Waals surface area contributed by atoms with E-state index in [1.165, 1.54) is 47.6 Å². The number of nitrogens with one attached hydrogen (secondary N) is 2. The second-order valence-corrected chi connectivity index (χ2v) is 18.6. The Hall–Kier alpha value is -5.08. The minimum Gasteiger partial charge on any atom is -0.478 e. The quantitative estimate of drug-likeness (QED) is 0.173. The summed E-state index contributed by atoms with van der Waals surface area (Å²) in [6.45, 7) is 7.14. The number of hydrogen-bond donors (Lipinski definition) is 3. The minimum absolute atomic E-state index is 0.169. The number of aryl methyl sites for hydroxylation is 2. The van der Waals surface area contributed by atoms with Gasteiger partial charge >= 0.3 is 12.0 Å². The Kier molecular flexibility index (Phi) is 15.0. The SMILES string of the molecule is CC(F)(C1CCNCC1)S(=O)(=O)c1cccc(F)c1.Cc1cc(C(=O)O)cnn1.Cc1cc(NC(=O)N2CCC(C(C)(F)S(=O)(=O)c3cccc(F)c3)CC2)cnn1. The van der Waals surface area contributed by atoms with Crippen LogP contribution in [0.2, 0.25) is 0 Å². The van der Waals surface area contributed by atoms with Gasteiger partial charge in [-0.1, -0.05) is 12.1 Å². The van der Waals surface area contributed by atoms with Crippen molar-refractivity contribution in [3.05, 3.63) is 102 Å². The molecule has 20 heteroatoms. The molecule has 58 heavy (non-hydrogen) atoms. The second-order valence-electron chi connectivity index (χ2n) is 14.1. The predicted molar refractivity (Wildman–Crippen MR) is 206 cm³/mol. The van der Waals surface area contributed by atoms with Crippen molar-refractivity contribution in [1.82, 2.24) is 30.6 Å². The third-order valence-corrected chi connectivity index (χ3v) is 14.4. The summed E-state index contributed by atoms with van der Waals surface area (Å²) < 4.78 is 107. The zero-order valence-corrected chi connectivity index (χ0v) is 33.8. The van der Waals surface area contributed by atoms with Crippen LogP contribution in [-0.2, 0) is 19.7 Å². The molecule has 2 aromatic heterocycles. The molecule has 2 fully saturated rings. The Morgan fingerprint density at radius 2 is 1.22 bits per heavy atom. The number of piperidine rings is 2. The van der Waals surface area contributed by atoms with Gasteiger partial charge in [-0.2, -0.15) is 20.4 Å². The van der Waals surface area contributed by atoms with E-state index in [0.717, 1.165) is 38.1 Å². The number of sulfone groups is 2. The predicted octanol–water partition coefficient (Wildman–Crippen LogP) is 6.10. The van der Waals surface area contributed by atoms with Gasteiger partial charge in [0.05, 0.1) is 44.8 Å². The molecule has 2 unspecified atom stereocenters. The summed E-state index contributed by atoms with van der Waals surface area (Å²) in [5.41, 5.74) is 1.93. The molecule has 3 N–H and O–H groups in total. The van der Waals surface area contributed by atoms with Crippen LogP contribution in [-0.4, -0.2) is 95.4 Å². The zero-order chi connectivity index (χ0) is 42.9. The van der Waals surface area contributed by atoms with Crippen molar-refractivity contribution < 1.29 is 49.1 Å². The van der Waals surface area contributed by atoms with Crippen LogP contribution in [0.15, 0.2) is 82.8 Å². The molecule has 2 atom stereocenters. The van der Waals surface area contributed by atoms with Crippen molar-refractivity contribution in [2.24, 2.45) is 11.8 Å². The lowest BCUT2D eigenvalue weighted by molar-refractivity contribution is 0.0696. The van der Waals surface area contributed by atoms with E-state index < -0.39 is 59.1 Å². The van der Waals surface area contributed by atoms with Gasteiger partial charge in [-0.15, -0.1) is 0 Å². The van der Waals surface area contributed by atoms with Crippen molar-refractivity contribution in [2.45, 2.75) is 73.2 Å². The summed E-state index contributed by atoms with van der Waals surface area (Å²) in [6, 6.07) is 11.6. The molecule has 4 aromatic rings. The van der Waals surface area contributed by atoms with Gasteiger partial charge in [0.15, 0.2) is 0 Å². The van der Waals surface area contributed by atoms with E-state index in [2.05, 4.69) is 31.0 Å². The van der Waals surface area contributed by atoms with Gasteiger partial charge in [0, 0.05) is 24.9 Å². The number of alkyl halides is 2. The number of aromatic nitrogens is 4. The lowest BCUT2D eigenvalue weighted by Crippen LogP contribution is -2.48. The molecular formula is C38H45F4N7O7S2. The largest absolute Gasteiger partial charge is 0.478 e. The number of anilines is 1. The van der Waals surface area contributed by atoms with Crippen molar-refractivity contribution in [2.75, 3.05) is 31.5 Å². The fourth-order valence-corrected chi connectivity index (χ4v) is 9.76. The summed E-state index contributed by atoms with van der Waals surface area (Å²) in [5.74, 6) is -3.78. The van der Waals surface area contributed by atoms with E-state index in [0.29, 0.717) is 43.0 Å². The number of carboxylic acids is 1. The van der Waals surface area contributed by atoms with E-state index in [-0.39, 0.29) is 47.3 Å². The summed E-state index contributed by atoms with van der Waals surface area (Å²) in [5, 5.41) is 23.9. The second kappa shape index (κ2) is 19.1. The van der Waals surface area contributed by atoms with E-state index in [9.17, 15) is 39.6 Å². The summed E-state index contributed by atoms with van der Waals surface area (Å²) >= 11 is 0. The van der Waals surface area contributed by atoms with Gasteiger partial charge < -0.3 is 20.6 Å². The van der Waals surface area contributed by atoms with Crippen LogP contribution in [0, 0.1) is 37.3 Å². The third-order valence-electron chi connectivity index (χ3n) is 9.90. The van der Waals surface area contributed by atoms with E-state index in [4.69, 9.17) is 5.11 Å². The molecule has 0 saturated carbocycles. The number of carbonyl (C=O) groups is 2. The van der Waals surface area contributed by atoms with Crippen LogP contribution in [0.1, 0.15) is 61.3 Å². The first-order chi connectivity index (χ1) is 27.2. The highest BCUT2D eigenvalue weighted by atomic mass is 32.2. The van der Waals surface area contributed by atoms with Crippen LogP contribution in [0.4, 0.5) is 28.0 Å². The number of amides is 2. The van der Waals surface area contributed by atoms with Crippen LogP contribution in [0.25, 0.3) is 0 Å². The first kappa shape index (κ1) is 45.6. The Morgan fingerprint density at radius 3 is 1.66 bits per heavy atom. The molecular weight excluding hydrogens is 807 g/mol. The number of aromatic carboxylic acids is 1. The summed E-state index contributed by atoms with van der Waals surface area (Å²) in [7, 11) is -8.59. The number of benzene rings is 2. The topological polar surface area (TPSA) is 202 Å². The molecule has 14 nitrogen and oxygen atoms in total. The molecule has 0 bridgehead atoms. The van der Waals surface area contributed by atoms with Crippen molar-refractivity contribution in [3.8, 4) is 0 Å². The molecule has 2 saturated heterocycles. The van der Waals surface area contributed by atoms with Crippen LogP contribution in [0.3, 0.4) is 0 Å². The van der Waals surface area contributed by atoms with Gasteiger partial charge in [0.2, 0.25) is 29.7 Å². The molecule has 0 aliphatic carbocycles. The van der Waals surface area contributed by atoms with Gasteiger partial charge in [0.25, 0.3) is 0 Å². The standard InChI is InChI=1S/C19H22F2N4O3S.C13H17F2NO2S.C6H6N2O2/c1-13-10-16(12-22-24-13)23-18(26)25-8-6-14(7-9-25)19(2,21)29(27,28)17-5-3-4-15(20)11-17;1-13(15,10-5-7-16-8-6-10)19(17,18)12-4-2-3-11(14)9-12;1-4-2-5(6(9)10)3-7-8-4/h3-5,10-12,14H,6-9H2,1-2H3,(H,23,24,26);2-4,9-10,16H,5-8H2,1H3;2-3H,1H3,(H,9,10). The Morgan fingerprint density at radius 1 is 0.759 bits per heavy atom. The average Bonchev–Trinajstić information content (AvgIpc) is 3.18. The van der Waals surface area contributed by atoms with Crippen LogP contribution >= 0.6 is 0 Å². The van der Waals surface area contributed by atoms with E-state index >= 15 is 4.39 Å². The fraction of sp³-hybridized carbons (Fsp3) is 0.421. The van der Waals surface area contributed by atoms with Crippen LogP contribution < -0.4 is 10.6 Å². The summed E-state index contributed by atoms with van der Waals surface area (Å²) in [4.78, 5) is 23.5. The lowest BCUT2D eigenvalue weighted by atomic mass is 9.92. The molecule has 0 spiro atoms. The summed E-state index contributed by atoms with van der Waals surface area (Å²) in [6.07, 6.45) is 3.89. The Bertz CT molecular complexity index is 2290. The maximum Gasteiger partial charge on any atom is 0.337 e. The number of carbonyl (C=O) groups excluding carboxylic acids is 1. The lowest BCUT2D eigenvalue weighted by Gasteiger charge is -2.37. The number of rotatable bonds is 8. The molecule has 2 aliphatic heterocycles. The number of hydrogen-bond acceptors (Lipinski definition) is 11. The molecule has 0 radical (unpaired) electrons. The number of urea groups is 1. The number of carboxylic acid groups (broad SMARTS) is 1. The van der Waals surface area contributed by atoms with Gasteiger partial charge in [0.1, 0.15) is 11.6 Å². The highest BCUT2D eigenvalue weighted by molar-refractivity contribution is 7.93. The van der Waals surface area contributed by atoms with Crippen molar-refractivity contribution >= 4 is 37.4 Å². The van der Waals surface area contributed by atoms with Crippen molar-refractivity contribution in [1.29, 1.82) is 0 Å². The van der Waals surface area contributed by atoms with Gasteiger partial charge in [-0.3, -0.25) is 0 Å². The smallest absolute Gasteiger partial charge is 0.337 e. The van der Waals surface area contributed by atoms with Crippen LogP contribution in [0.5, 0.6) is 0 Å². The third kappa shape index (κ3) is 11.1. The molecule has 2 amide bonds. The van der Waals surface area contributed by atoms with Gasteiger partial charge in [-0.25, -0.2) is 44.0 Å².